The molecule has 2 saturated heterocycles. The number of likely N-dealkylation sites (N-methyl/N-ethyl adjacent to an activating group) is 2. The highest BCUT2D eigenvalue weighted by atomic mass is 16.3. The smallest absolute Gasteiger partial charge is 0.121 e. The molecule has 0 unspecified atom stereocenters. The van der Waals surface area contributed by atoms with Crippen molar-refractivity contribution in [3.05, 3.63) is 29.3 Å². The fourth-order valence-corrected chi connectivity index (χ4v) is 4.18. The van der Waals surface area contributed by atoms with Gasteiger partial charge in [-0.3, -0.25) is 0 Å². The van der Waals surface area contributed by atoms with Crippen LogP contribution in [-0.2, 0) is 12.8 Å². The van der Waals surface area contributed by atoms with Gasteiger partial charge in [0.25, 0.3) is 0 Å². The first-order valence-electron chi connectivity index (χ1n) is 10.7. The molecule has 1 aromatic rings. The molecule has 2 aliphatic rings. The molecule has 5 heteroatoms. The zero-order chi connectivity index (χ0) is 19.1. The van der Waals surface area contributed by atoms with Crippen LogP contribution in [0.15, 0.2) is 18.2 Å². The molecule has 3 rings (SSSR count). The summed E-state index contributed by atoms with van der Waals surface area (Å²) in [5, 5.41) is 10.7. The van der Waals surface area contributed by atoms with Gasteiger partial charge in [0.05, 0.1) is 0 Å². The first kappa shape index (κ1) is 20.6. The predicted octanol–water partition coefficient (Wildman–Crippen LogP) is 1.75. The standard InChI is InChI=1S/C22H38N4O/c1-23-12-16-25(17-13-23)10-4-8-20-6-3-7-21(22(20)27)9-5-11-26-18-14-24(2)15-19-26/h3,6-7,27H,4-5,8-19H2,1-2H3. The van der Waals surface area contributed by atoms with Crippen molar-refractivity contribution in [1.29, 1.82) is 0 Å². The van der Waals surface area contributed by atoms with Gasteiger partial charge in [-0.05, 0) is 64.0 Å². The quantitative estimate of drug-likeness (QED) is 0.750. The Kier molecular flexibility index (Phi) is 7.94. The summed E-state index contributed by atoms with van der Waals surface area (Å²) in [6.07, 6.45) is 4.21. The lowest BCUT2D eigenvalue weighted by atomic mass is 10.0. The van der Waals surface area contributed by atoms with Gasteiger partial charge in [-0.2, -0.15) is 0 Å². The van der Waals surface area contributed by atoms with Gasteiger partial charge in [0, 0.05) is 52.4 Å². The van der Waals surface area contributed by atoms with Crippen LogP contribution in [0.25, 0.3) is 0 Å². The van der Waals surface area contributed by atoms with Crippen LogP contribution in [0, 0.1) is 0 Å². The summed E-state index contributed by atoms with van der Waals surface area (Å²) in [5.41, 5.74) is 2.25. The second-order valence-electron chi connectivity index (χ2n) is 8.42. The molecule has 1 aromatic carbocycles. The molecule has 0 radical (unpaired) electrons. The van der Waals surface area contributed by atoms with Crippen molar-refractivity contribution in [3.63, 3.8) is 0 Å². The number of aryl methyl sites for hydroxylation is 2. The minimum atomic E-state index is 0.550. The number of aromatic hydroxyl groups is 1. The van der Waals surface area contributed by atoms with Crippen molar-refractivity contribution >= 4 is 0 Å². The molecule has 5 nitrogen and oxygen atoms in total. The van der Waals surface area contributed by atoms with Gasteiger partial charge in [0.1, 0.15) is 5.75 Å². The maximum Gasteiger partial charge on any atom is 0.121 e. The third kappa shape index (κ3) is 6.46. The highest BCUT2D eigenvalue weighted by molar-refractivity contribution is 5.40. The zero-order valence-electron chi connectivity index (χ0n) is 17.4. The van der Waals surface area contributed by atoms with Crippen LogP contribution >= 0.6 is 0 Å². The fourth-order valence-electron chi connectivity index (χ4n) is 4.18. The number of phenolic OH excluding ortho intramolecular Hbond substituents is 1. The summed E-state index contributed by atoms with van der Waals surface area (Å²) in [4.78, 5) is 9.90. The van der Waals surface area contributed by atoms with E-state index < -0.39 is 0 Å². The Morgan fingerprint density at radius 1 is 0.704 bits per heavy atom. The second kappa shape index (κ2) is 10.4. The highest BCUT2D eigenvalue weighted by Crippen LogP contribution is 2.25. The molecule has 0 saturated carbocycles. The Morgan fingerprint density at radius 3 is 1.52 bits per heavy atom. The molecule has 0 bridgehead atoms. The maximum absolute atomic E-state index is 10.7. The molecule has 2 aliphatic heterocycles. The maximum atomic E-state index is 10.7. The third-order valence-electron chi connectivity index (χ3n) is 6.24. The lowest BCUT2D eigenvalue weighted by Gasteiger charge is -2.32. The molecule has 2 fully saturated rings. The van der Waals surface area contributed by atoms with E-state index in [0.29, 0.717) is 5.75 Å². The van der Waals surface area contributed by atoms with E-state index in [9.17, 15) is 5.11 Å². The summed E-state index contributed by atoms with van der Waals surface area (Å²) in [5.74, 6) is 0.550. The highest BCUT2D eigenvalue weighted by Gasteiger charge is 2.15. The van der Waals surface area contributed by atoms with E-state index in [4.69, 9.17) is 0 Å². The monoisotopic (exact) mass is 374 g/mol. The lowest BCUT2D eigenvalue weighted by Crippen LogP contribution is -2.44. The molecule has 0 aromatic heterocycles. The van der Waals surface area contributed by atoms with Crippen LogP contribution in [0.2, 0.25) is 0 Å². The van der Waals surface area contributed by atoms with Crippen LogP contribution in [0.1, 0.15) is 24.0 Å². The van der Waals surface area contributed by atoms with Gasteiger partial charge in [0.15, 0.2) is 0 Å². The SMILES string of the molecule is CN1CCN(CCCc2cccc(CCCN3CCN(C)CC3)c2O)CC1. The molecule has 0 spiro atoms. The number of benzene rings is 1. The van der Waals surface area contributed by atoms with Gasteiger partial charge in [0.2, 0.25) is 0 Å². The molecule has 27 heavy (non-hydrogen) atoms. The molecule has 0 atom stereocenters. The number of nitrogens with zero attached hydrogens (tertiary/aromatic N) is 4. The van der Waals surface area contributed by atoms with E-state index in [0.717, 1.165) is 49.9 Å². The van der Waals surface area contributed by atoms with Crippen molar-refractivity contribution in [1.82, 2.24) is 19.6 Å². The first-order chi connectivity index (χ1) is 13.1. The van der Waals surface area contributed by atoms with Crippen LogP contribution in [0.5, 0.6) is 5.75 Å². The zero-order valence-corrected chi connectivity index (χ0v) is 17.4. The van der Waals surface area contributed by atoms with Gasteiger partial charge in [-0.1, -0.05) is 18.2 Å². The average Bonchev–Trinajstić information content (AvgIpc) is 2.67. The van der Waals surface area contributed by atoms with Crippen LogP contribution in [-0.4, -0.2) is 104 Å². The summed E-state index contributed by atoms with van der Waals surface area (Å²) in [6, 6.07) is 6.32. The van der Waals surface area contributed by atoms with Crippen molar-refractivity contribution < 1.29 is 5.11 Å². The van der Waals surface area contributed by atoms with Crippen molar-refractivity contribution in [2.24, 2.45) is 0 Å². The molecule has 152 valence electrons. The summed E-state index contributed by atoms with van der Waals surface area (Å²) in [6.45, 7) is 11.7. The molecule has 0 aliphatic carbocycles. The van der Waals surface area contributed by atoms with E-state index in [-0.39, 0.29) is 0 Å². The number of hydrogen-bond donors (Lipinski definition) is 1. The number of piperazine rings is 2. The van der Waals surface area contributed by atoms with Gasteiger partial charge >= 0.3 is 0 Å². The second-order valence-corrected chi connectivity index (χ2v) is 8.42. The van der Waals surface area contributed by atoms with E-state index in [1.54, 1.807) is 0 Å². The van der Waals surface area contributed by atoms with Gasteiger partial charge in [-0.15, -0.1) is 0 Å². The van der Waals surface area contributed by atoms with Crippen molar-refractivity contribution in [3.8, 4) is 5.75 Å². The Bertz CT molecular complexity index is 517. The number of hydrogen-bond acceptors (Lipinski definition) is 5. The third-order valence-corrected chi connectivity index (χ3v) is 6.24. The average molecular weight is 375 g/mol. The van der Waals surface area contributed by atoms with Crippen LogP contribution in [0.4, 0.5) is 0 Å². The van der Waals surface area contributed by atoms with E-state index in [1.807, 2.05) is 0 Å². The van der Waals surface area contributed by atoms with E-state index in [2.05, 4.69) is 51.9 Å². The molecule has 0 amide bonds. The van der Waals surface area contributed by atoms with Crippen LogP contribution in [0.3, 0.4) is 0 Å². The van der Waals surface area contributed by atoms with Gasteiger partial charge in [-0.25, -0.2) is 0 Å². The predicted molar refractivity (Wildman–Crippen MR) is 113 cm³/mol. The summed E-state index contributed by atoms with van der Waals surface area (Å²) < 4.78 is 0. The fraction of sp³-hybridized carbons (Fsp3) is 0.727. The van der Waals surface area contributed by atoms with Crippen LogP contribution < -0.4 is 0 Å². The Labute approximate surface area is 165 Å². The topological polar surface area (TPSA) is 33.2 Å². The number of phenols is 1. The minimum Gasteiger partial charge on any atom is -0.507 e. The minimum absolute atomic E-state index is 0.550. The van der Waals surface area contributed by atoms with Crippen molar-refractivity contribution in [2.75, 3.05) is 79.5 Å². The molecule has 1 N–H and O–H groups in total. The molecular weight excluding hydrogens is 336 g/mol. The molecule has 2 heterocycles. The Balaban J connectivity index is 1.40. The van der Waals surface area contributed by atoms with E-state index in [1.165, 1.54) is 52.4 Å². The van der Waals surface area contributed by atoms with E-state index >= 15 is 0 Å². The largest absolute Gasteiger partial charge is 0.507 e. The summed E-state index contributed by atoms with van der Waals surface area (Å²) >= 11 is 0. The van der Waals surface area contributed by atoms with Gasteiger partial charge < -0.3 is 24.7 Å². The normalized spacial score (nSPS) is 21.0. The number of para-hydroxylation sites is 1. The Morgan fingerprint density at radius 2 is 1.11 bits per heavy atom. The van der Waals surface area contributed by atoms with Crippen molar-refractivity contribution in [2.45, 2.75) is 25.7 Å². The molecular formula is C22H38N4O. The first-order valence-corrected chi connectivity index (χ1v) is 10.7. The summed E-state index contributed by atoms with van der Waals surface area (Å²) in [7, 11) is 4.40. The Hall–Kier alpha value is -1.14. The lowest BCUT2D eigenvalue weighted by molar-refractivity contribution is 0.152. The number of rotatable bonds is 8.